The molecule has 2 saturated carbocycles. The number of carbonyl (C=O) groups excluding carboxylic acids is 2. The number of amides is 2. The van der Waals surface area contributed by atoms with E-state index in [2.05, 4.69) is 29.8 Å². The van der Waals surface area contributed by atoms with E-state index in [0.29, 0.717) is 47.5 Å². The van der Waals surface area contributed by atoms with Crippen LogP contribution in [0.25, 0.3) is 0 Å². The SMILES string of the molecule is CC(C)[C@H]1CC[C@H](CNC(=O)[C@@H]2NC3(CCCCC3)[C@@]3(C(=O)Nc4cc(Cl)ccc43)[C@H]2c2cccc(Cl)c2F)CC1. The molecule has 2 aromatic carbocycles. The van der Waals surface area contributed by atoms with Crippen LogP contribution in [0, 0.1) is 23.6 Å². The third kappa shape index (κ3) is 4.69. The lowest BCUT2D eigenvalue weighted by Gasteiger charge is -2.47. The van der Waals surface area contributed by atoms with Crippen molar-refractivity contribution in [3.05, 3.63) is 63.4 Å². The Balaban J connectivity index is 1.42. The van der Waals surface area contributed by atoms with Gasteiger partial charge in [0, 0.05) is 28.7 Å². The van der Waals surface area contributed by atoms with Crippen LogP contribution in [0.4, 0.5) is 10.1 Å². The van der Waals surface area contributed by atoms with Gasteiger partial charge in [-0.25, -0.2) is 4.39 Å². The van der Waals surface area contributed by atoms with Gasteiger partial charge in [0.1, 0.15) is 11.2 Å². The van der Waals surface area contributed by atoms with E-state index in [-0.39, 0.29) is 16.8 Å². The Hall–Kier alpha value is -2.15. The molecule has 2 amide bonds. The van der Waals surface area contributed by atoms with Gasteiger partial charge in [0.05, 0.1) is 11.1 Å². The zero-order chi connectivity index (χ0) is 28.9. The van der Waals surface area contributed by atoms with Crippen molar-refractivity contribution in [1.82, 2.24) is 10.6 Å². The lowest BCUT2D eigenvalue weighted by atomic mass is 9.55. The Morgan fingerprint density at radius 1 is 1.07 bits per heavy atom. The van der Waals surface area contributed by atoms with E-state index >= 15 is 4.39 Å². The fourth-order valence-electron chi connectivity index (χ4n) is 8.63. The van der Waals surface area contributed by atoms with Gasteiger partial charge >= 0.3 is 0 Å². The molecule has 220 valence electrons. The van der Waals surface area contributed by atoms with Crippen molar-refractivity contribution in [2.45, 2.75) is 94.5 Å². The molecule has 5 nitrogen and oxygen atoms in total. The highest BCUT2D eigenvalue weighted by atomic mass is 35.5. The number of hydrogen-bond acceptors (Lipinski definition) is 3. The van der Waals surface area contributed by atoms with Gasteiger partial charge in [-0.2, -0.15) is 0 Å². The van der Waals surface area contributed by atoms with E-state index in [0.717, 1.165) is 43.6 Å². The van der Waals surface area contributed by atoms with Crippen molar-refractivity contribution in [3.63, 3.8) is 0 Å². The van der Waals surface area contributed by atoms with Gasteiger partial charge in [-0.3, -0.25) is 14.9 Å². The summed E-state index contributed by atoms with van der Waals surface area (Å²) in [6, 6.07) is 9.52. The zero-order valence-electron chi connectivity index (χ0n) is 23.9. The molecule has 3 fully saturated rings. The van der Waals surface area contributed by atoms with Crippen LogP contribution in [0.1, 0.15) is 88.7 Å². The Labute approximate surface area is 252 Å². The van der Waals surface area contributed by atoms with Crippen LogP contribution in [0.15, 0.2) is 36.4 Å². The molecule has 41 heavy (non-hydrogen) atoms. The molecule has 4 aliphatic rings. The maximum Gasteiger partial charge on any atom is 0.237 e. The molecule has 1 saturated heterocycles. The maximum atomic E-state index is 16.0. The average Bonchev–Trinajstić information content (AvgIpc) is 3.41. The third-order valence-electron chi connectivity index (χ3n) is 10.7. The quantitative estimate of drug-likeness (QED) is 0.336. The van der Waals surface area contributed by atoms with Crippen molar-refractivity contribution in [1.29, 1.82) is 0 Å². The second-order valence-electron chi connectivity index (χ2n) is 13.1. The summed E-state index contributed by atoms with van der Waals surface area (Å²) >= 11 is 12.7. The van der Waals surface area contributed by atoms with Gasteiger partial charge in [-0.15, -0.1) is 0 Å². The number of hydrogen-bond donors (Lipinski definition) is 3. The normalized spacial score (nSPS) is 30.5. The lowest BCUT2D eigenvalue weighted by Crippen LogP contribution is -2.60. The van der Waals surface area contributed by atoms with Gasteiger partial charge in [0.2, 0.25) is 11.8 Å². The van der Waals surface area contributed by atoms with Crippen molar-refractivity contribution < 1.29 is 14.0 Å². The van der Waals surface area contributed by atoms with Gasteiger partial charge in [0.25, 0.3) is 0 Å². The predicted molar refractivity (Wildman–Crippen MR) is 162 cm³/mol. The molecule has 2 aliphatic carbocycles. The first-order valence-electron chi connectivity index (χ1n) is 15.3. The first-order valence-corrected chi connectivity index (χ1v) is 16.0. The summed E-state index contributed by atoms with van der Waals surface area (Å²) in [4.78, 5) is 28.6. The Bertz CT molecular complexity index is 1340. The van der Waals surface area contributed by atoms with Crippen LogP contribution in [0.5, 0.6) is 0 Å². The van der Waals surface area contributed by atoms with Crippen molar-refractivity contribution >= 4 is 40.7 Å². The summed E-state index contributed by atoms with van der Waals surface area (Å²) in [5.41, 5.74) is -0.220. The molecule has 0 radical (unpaired) electrons. The second-order valence-corrected chi connectivity index (χ2v) is 14.0. The summed E-state index contributed by atoms with van der Waals surface area (Å²) in [6.07, 6.45) is 8.88. The number of nitrogens with one attached hydrogen (secondary N) is 3. The van der Waals surface area contributed by atoms with E-state index in [1.54, 1.807) is 24.3 Å². The van der Waals surface area contributed by atoms with E-state index in [1.165, 1.54) is 18.9 Å². The van der Waals surface area contributed by atoms with Crippen LogP contribution >= 0.6 is 23.2 Å². The molecular formula is C33H40Cl2FN3O2. The first kappa shape index (κ1) is 28.9. The molecule has 8 heteroatoms. The van der Waals surface area contributed by atoms with Crippen molar-refractivity contribution in [3.8, 4) is 0 Å². The topological polar surface area (TPSA) is 70.2 Å². The van der Waals surface area contributed by atoms with Crippen LogP contribution in [0.2, 0.25) is 10.0 Å². The fourth-order valence-corrected chi connectivity index (χ4v) is 8.99. The molecule has 2 aliphatic heterocycles. The molecule has 0 bridgehead atoms. The monoisotopic (exact) mass is 599 g/mol. The van der Waals surface area contributed by atoms with Gasteiger partial charge in [-0.05, 0) is 85.6 Å². The molecule has 0 aromatic heterocycles. The molecule has 3 atom stereocenters. The molecular weight excluding hydrogens is 560 g/mol. The Morgan fingerprint density at radius 2 is 1.80 bits per heavy atom. The molecule has 0 unspecified atom stereocenters. The first-order chi connectivity index (χ1) is 19.7. The molecule has 6 rings (SSSR count). The summed E-state index contributed by atoms with van der Waals surface area (Å²) in [5.74, 6) is 0.0840. The van der Waals surface area contributed by atoms with Gasteiger partial charge in [0.15, 0.2) is 0 Å². The molecule has 2 aromatic rings. The number of benzene rings is 2. The summed E-state index contributed by atoms with van der Waals surface area (Å²) < 4.78 is 16.0. The molecule has 2 heterocycles. The minimum absolute atomic E-state index is 0.0157. The highest BCUT2D eigenvalue weighted by Crippen LogP contribution is 2.62. The van der Waals surface area contributed by atoms with Crippen LogP contribution < -0.4 is 16.0 Å². The number of fused-ring (bicyclic) bond motifs is 3. The van der Waals surface area contributed by atoms with Crippen LogP contribution in [-0.4, -0.2) is 29.9 Å². The molecule has 2 spiro atoms. The molecule has 3 N–H and O–H groups in total. The lowest BCUT2D eigenvalue weighted by molar-refractivity contribution is -0.124. The summed E-state index contributed by atoms with van der Waals surface area (Å²) in [7, 11) is 0. The Morgan fingerprint density at radius 3 is 2.51 bits per heavy atom. The van der Waals surface area contributed by atoms with Crippen molar-refractivity contribution in [2.24, 2.45) is 17.8 Å². The predicted octanol–water partition coefficient (Wildman–Crippen LogP) is 7.36. The van der Waals surface area contributed by atoms with E-state index < -0.39 is 28.7 Å². The standard InChI is InChI=1S/C33H40Cl2FN3O2/c1-19(2)21-11-9-20(10-12-21)18-37-30(40)29-27(23-7-6-8-25(35)28(23)36)33(32(39-29)15-4-3-5-16-32)24-14-13-22(34)17-26(24)38-31(33)41/h6-8,13-14,17,19-21,27,29,39H,3-5,9-12,15-16,18H2,1-2H3,(H,37,40)(H,38,41)/t20-,21-,27-,29+,33+/m0/s1. The van der Waals surface area contributed by atoms with Gasteiger partial charge in [-0.1, -0.05) is 74.5 Å². The highest BCUT2D eigenvalue weighted by Gasteiger charge is 2.72. The number of rotatable bonds is 5. The zero-order valence-corrected chi connectivity index (χ0v) is 25.4. The largest absolute Gasteiger partial charge is 0.354 e. The average molecular weight is 601 g/mol. The fraction of sp³-hybridized carbons (Fsp3) is 0.576. The van der Waals surface area contributed by atoms with Crippen LogP contribution in [-0.2, 0) is 15.0 Å². The van der Waals surface area contributed by atoms with E-state index in [1.807, 2.05) is 6.07 Å². The minimum atomic E-state index is -1.20. The van der Waals surface area contributed by atoms with Gasteiger partial charge < -0.3 is 10.6 Å². The van der Waals surface area contributed by atoms with Crippen molar-refractivity contribution in [2.75, 3.05) is 11.9 Å². The third-order valence-corrected chi connectivity index (χ3v) is 11.2. The van der Waals surface area contributed by atoms with E-state index in [4.69, 9.17) is 23.2 Å². The van der Waals surface area contributed by atoms with E-state index in [9.17, 15) is 9.59 Å². The summed E-state index contributed by atoms with van der Waals surface area (Å²) in [5, 5.41) is 10.5. The van der Waals surface area contributed by atoms with Crippen LogP contribution in [0.3, 0.4) is 0 Å². The minimum Gasteiger partial charge on any atom is -0.354 e. The summed E-state index contributed by atoms with van der Waals surface area (Å²) in [6.45, 7) is 5.16. The maximum absolute atomic E-state index is 16.0. The smallest absolute Gasteiger partial charge is 0.237 e. The second kappa shape index (κ2) is 11.2. The Kier molecular flexibility index (Phi) is 7.88. The number of carbonyl (C=O) groups is 2. The number of halogens is 3. The number of anilines is 1. The highest BCUT2D eigenvalue weighted by molar-refractivity contribution is 6.31.